The van der Waals surface area contributed by atoms with Crippen molar-refractivity contribution in [1.82, 2.24) is 4.90 Å². The zero-order valence-electron chi connectivity index (χ0n) is 15.5. The molecule has 3 nitrogen and oxygen atoms in total. The van der Waals surface area contributed by atoms with Crippen LogP contribution < -0.4 is 0 Å². The highest BCUT2D eigenvalue weighted by Gasteiger charge is 2.29. The van der Waals surface area contributed by atoms with Crippen molar-refractivity contribution in [2.75, 3.05) is 13.1 Å². The Morgan fingerprint density at radius 2 is 1.91 bits per heavy atom. The zero-order chi connectivity index (χ0) is 17.1. The standard InChI is InChI=1S/C20H29N3/c1-8-13(4)17(9-2)22-18-14(5)15(6)19-20(16(18)7)23(10-3)12-11-21-19/h11H,7-10,12H2,1-6H3/b17-13+,22-18-. The lowest BCUT2D eigenvalue weighted by atomic mass is 9.88. The van der Waals surface area contributed by atoms with E-state index in [-0.39, 0.29) is 0 Å². The second kappa shape index (κ2) is 7.12. The number of likely N-dealkylation sites (N-methyl/N-ethyl adjacent to an activating group) is 1. The predicted molar refractivity (Wildman–Crippen MR) is 101 cm³/mol. The van der Waals surface area contributed by atoms with Crippen LogP contribution in [0.3, 0.4) is 0 Å². The molecule has 0 aromatic heterocycles. The molecule has 1 heterocycles. The van der Waals surface area contributed by atoms with Gasteiger partial charge in [-0.2, -0.15) is 0 Å². The van der Waals surface area contributed by atoms with Crippen LogP contribution in [-0.4, -0.2) is 29.9 Å². The number of aliphatic imine (C=N–C) groups is 2. The lowest BCUT2D eigenvalue weighted by Crippen LogP contribution is -2.33. The monoisotopic (exact) mass is 311 g/mol. The molecule has 0 spiro atoms. The molecule has 23 heavy (non-hydrogen) atoms. The molecule has 0 N–H and O–H groups in total. The molecule has 0 saturated heterocycles. The van der Waals surface area contributed by atoms with Crippen LogP contribution in [-0.2, 0) is 0 Å². The first-order valence-corrected chi connectivity index (χ1v) is 8.63. The van der Waals surface area contributed by atoms with Crippen molar-refractivity contribution in [2.24, 2.45) is 9.98 Å². The highest BCUT2D eigenvalue weighted by molar-refractivity contribution is 6.17. The quantitative estimate of drug-likeness (QED) is 0.714. The average molecular weight is 311 g/mol. The summed E-state index contributed by atoms with van der Waals surface area (Å²) in [5, 5.41) is 0. The summed E-state index contributed by atoms with van der Waals surface area (Å²) in [6.07, 6.45) is 3.98. The summed E-state index contributed by atoms with van der Waals surface area (Å²) >= 11 is 0. The first-order valence-electron chi connectivity index (χ1n) is 8.63. The largest absolute Gasteiger partial charge is 0.364 e. The number of hydrogen-bond acceptors (Lipinski definition) is 3. The molecule has 0 bridgehead atoms. The van der Waals surface area contributed by atoms with Crippen molar-refractivity contribution in [3.63, 3.8) is 0 Å². The molecule has 0 amide bonds. The van der Waals surface area contributed by atoms with Gasteiger partial charge in [-0.1, -0.05) is 26.0 Å². The number of nitrogens with zero attached hydrogens (tertiary/aromatic N) is 3. The van der Waals surface area contributed by atoms with Crippen LogP contribution in [0.1, 0.15) is 54.4 Å². The van der Waals surface area contributed by atoms with Gasteiger partial charge in [0.2, 0.25) is 0 Å². The van der Waals surface area contributed by atoms with Crippen LogP contribution in [0.15, 0.2) is 55.9 Å². The smallest absolute Gasteiger partial charge is 0.0899 e. The number of rotatable bonds is 4. The summed E-state index contributed by atoms with van der Waals surface area (Å²) in [4.78, 5) is 12.0. The first kappa shape index (κ1) is 17.5. The van der Waals surface area contributed by atoms with Crippen LogP contribution >= 0.6 is 0 Å². The third-order valence-corrected chi connectivity index (χ3v) is 4.89. The van der Waals surface area contributed by atoms with E-state index in [1.165, 1.54) is 22.4 Å². The Labute approximate surface area is 140 Å². The van der Waals surface area contributed by atoms with Gasteiger partial charge in [0.25, 0.3) is 0 Å². The van der Waals surface area contributed by atoms with Crippen LogP contribution in [0.25, 0.3) is 0 Å². The van der Waals surface area contributed by atoms with E-state index < -0.39 is 0 Å². The van der Waals surface area contributed by atoms with Crippen molar-refractivity contribution in [2.45, 2.75) is 54.4 Å². The third kappa shape index (κ3) is 3.10. The van der Waals surface area contributed by atoms with Gasteiger partial charge >= 0.3 is 0 Å². The molecule has 0 unspecified atom stereocenters. The van der Waals surface area contributed by atoms with E-state index in [2.05, 4.69) is 58.0 Å². The summed E-state index contributed by atoms with van der Waals surface area (Å²) in [7, 11) is 0. The molecule has 2 aliphatic rings. The lowest BCUT2D eigenvalue weighted by molar-refractivity contribution is 0.415. The van der Waals surface area contributed by atoms with Gasteiger partial charge in [0.1, 0.15) is 0 Å². The lowest BCUT2D eigenvalue weighted by Gasteiger charge is -2.34. The van der Waals surface area contributed by atoms with Crippen LogP contribution in [0.2, 0.25) is 0 Å². The fourth-order valence-electron chi connectivity index (χ4n) is 3.09. The van der Waals surface area contributed by atoms with E-state index in [9.17, 15) is 0 Å². The van der Waals surface area contributed by atoms with Crippen LogP contribution in [0, 0.1) is 0 Å². The topological polar surface area (TPSA) is 28.0 Å². The van der Waals surface area contributed by atoms with Crippen molar-refractivity contribution >= 4 is 11.9 Å². The van der Waals surface area contributed by atoms with E-state index in [1.54, 1.807) is 0 Å². The fourth-order valence-corrected chi connectivity index (χ4v) is 3.09. The van der Waals surface area contributed by atoms with Crippen LogP contribution in [0.5, 0.6) is 0 Å². The zero-order valence-corrected chi connectivity index (χ0v) is 15.5. The van der Waals surface area contributed by atoms with E-state index in [0.29, 0.717) is 0 Å². The molecule has 0 fully saturated rings. The summed E-state index contributed by atoms with van der Waals surface area (Å²) in [5.74, 6) is 0. The second-order valence-electron chi connectivity index (χ2n) is 6.17. The third-order valence-electron chi connectivity index (χ3n) is 4.89. The van der Waals surface area contributed by atoms with Crippen molar-refractivity contribution in [3.8, 4) is 0 Å². The minimum Gasteiger partial charge on any atom is -0.364 e. The molecule has 1 aliphatic carbocycles. The van der Waals surface area contributed by atoms with E-state index in [4.69, 9.17) is 4.99 Å². The Kier molecular flexibility index (Phi) is 5.40. The van der Waals surface area contributed by atoms with Crippen molar-refractivity contribution < 1.29 is 0 Å². The van der Waals surface area contributed by atoms with Crippen molar-refractivity contribution in [1.29, 1.82) is 0 Å². The van der Waals surface area contributed by atoms with Gasteiger partial charge in [-0.15, -0.1) is 0 Å². The van der Waals surface area contributed by atoms with Crippen molar-refractivity contribution in [3.05, 3.63) is 46.0 Å². The SMILES string of the molecule is C=C1C2=C(N=CCN2CC)C(C)=C(C)/C1=N/C(CC)=C(\C)CC. The average Bonchev–Trinajstić information content (AvgIpc) is 2.58. The molecular weight excluding hydrogens is 282 g/mol. The highest BCUT2D eigenvalue weighted by atomic mass is 15.2. The maximum Gasteiger partial charge on any atom is 0.0899 e. The molecule has 0 saturated carbocycles. The van der Waals surface area contributed by atoms with Gasteiger partial charge in [0.05, 0.1) is 23.7 Å². The molecule has 2 rings (SSSR count). The summed E-state index contributed by atoms with van der Waals surface area (Å²) in [6.45, 7) is 19.2. The van der Waals surface area contributed by atoms with E-state index in [1.807, 2.05) is 6.21 Å². The minimum absolute atomic E-state index is 0.846. The minimum atomic E-state index is 0.846. The normalized spacial score (nSPS) is 21.2. The van der Waals surface area contributed by atoms with Gasteiger partial charge in [-0.25, -0.2) is 0 Å². The molecule has 124 valence electrons. The molecule has 0 aromatic carbocycles. The van der Waals surface area contributed by atoms with Gasteiger partial charge in [0, 0.05) is 24.0 Å². The van der Waals surface area contributed by atoms with Gasteiger partial charge < -0.3 is 4.90 Å². The Morgan fingerprint density at radius 1 is 1.22 bits per heavy atom. The first-order chi connectivity index (χ1) is 11.0. The Bertz CT molecular complexity index is 669. The maximum absolute atomic E-state index is 5.02. The van der Waals surface area contributed by atoms with Gasteiger partial charge in [0.15, 0.2) is 0 Å². The highest BCUT2D eigenvalue weighted by Crippen LogP contribution is 2.36. The molecular formula is C20H29N3. The van der Waals surface area contributed by atoms with E-state index in [0.717, 1.165) is 48.6 Å². The van der Waals surface area contributed by atoms with Crippen LogP contribution in [0.4, 0.5) is 0 Å². The Hall–Kier alpha value is -1.90. The number of hydrogen-bond donors (Lipinski definition) is 0. The predicted octanol–water partition coefficient (Wildman–Crippen LogP) is 5.05. The summed E-state index contributed by atoms with van der Waals surface area (Å²) in [6, 6.07) is 0. The molecule has 3 heteroatoms. The Balaban J connectivity index is 2.60. The van der Waals surface area contributed by atoms with Gasteiger partial charge in [-0.3, -0.25) is 9.98 Å². The van der Waals surface area contributed by atoms with E-state index >= 15 is 0 Å². The molecule has 1 aliphatic heterocycles. The summed E-state index contributed by atoms with van der Waals surface area (Å²) < 4.78 is 0. The molecule has 0 radical (unpaired) electrons. The second-order valence-corrected chi connectivity index (χ2v) is 6.17. The maximum atomic E-state index is 5.02. The fraction of sp³-hybridized carbons (Fsp3) is 0.500. The Morgan fingerprint density at radius 3 is 2.48 bits per heavy atom. The van der Waals surface area contributed by atoms with Gasteiger partial charge in [-0.05, 0) is 51.7 Å². The summed E-state index contributed by atoms with van der Waals surface area (Å²) in [5.41, 5.74) is 9.20. The number of allylic oxidation sites excluding steroid dienone is 5. The molecule has 0 aromatic rings. The molecule has 0 atom stereocenters.